The van der Waals surface area contributed by atoms with Gasteiger partial charge in [-0.1, -0.05) is 12.1 Å². The normalized spacial score (nSPS) is 10.8. The molecular formula is C15H25NO4. The SMILES string of the molecule is CCOc1cccc(CNC(OCC)OCC)c1OC. The summed E-state index contributed by atoms with van der Waals surface area (Å²) in [6.45, 7) is 8.18. The molecule has 1 aromatic carbocycles. The molecule has 0 radical (unpaired) electrons. The molecule has 1 N–H and O–H groups in total. The van der Waals surface area contributed by atoms with E-state index in [-0.39, 0.29) is 0 Å². The fourth-order valence-electron chi connectivity index (χ4n) is 1.86. The minimum Gasteiger partial charge on any atom is -0.493 e. The van der Waals surface area contributed by atoms with Gasteiger partial charge in [-0.15, -0.1) is 0 Å². The lowest BCUT2D eigenvalue weighted by molar-refractivity contribution is -0.155. The van der Waals surface area contributed by atoms with E-state index in [4.69, 9.17) is 18.9 Å². The van der Waals surface area contributed by atoms with Gasteiger partial charge in [-0.25, -0.2) is 0 Å². The Hall–Kier alpha value is -1.30. The third-order valence-corrected chi connectivity index (χ3v) is 2.66. The number of rotatable bonds is 10. The molecule has 0 aliphatic rings. The van der Waals surface area contributed by atoms with Gasteiger partial charge in [0.2, 0.25) is 6.41 Å². The number of methoxy groups -OCH3 is 1. The molecule has 114 valence electrons. The van der Waals surface area contributed by atoms with Crippen molar-refractivity contribution in [2.75, 3.05) is 26.9 Å². The Labute approximate surface area is 121 Å². The van der Waals surface area contributed by atoms with Crippen LogP contribution in [0.15, 0.2) is 18.2 Å². The molecule has 0 amide bonds. The molecule has 0 aliphatic heterocycles. The average molecular weight is 283 g/mol. The monoisotopic (exact) mass is 283 g/mol. The summed E-state index contributed by atoms with van der Waals surface area (Å²) in [6.07, 6.45) is -0.412. The van der Waals surface area contributed by atoms with Gasteiger partial charge >= 0.3 is 0 Å². The molecule has 0 saturated heterocycles. The molecular weight excluding hydrogens is 258 g/mol. The summed E-state index contributed by atoms with van der Waals surface area (Å²) in [5.41, 5.74) is 1.00. The lowest BCUT2D eigenvalue weighted by Crippen LogP contribution is -2.34. The van der Waals surface area contributed by atoms with Crippen molar-refractivity contribution in [2.45, 2.75) is 33.7 Å². The first-order valence-electron chi connectivity index (χ1n) is 7.02. The van der Waals surface area contributed by atoms with E-state index in [9.17, 15) is 0 Å². The van der Waals surface area contributed by atoms with Gasteiger partial charge in [-0.05, 0) is 26.8 Å². The third-order valence-electron chi connectivity index (χ3n) is 2.66. The zero-order valence-electron chi connectivity index (χ0n) is 12.8. The molecule has 0 fully saturated rings. The fourth-order valence-corrected chi connectivity index (χ4v) is 1.86. The highest BCUT2D eigenvalue weighted by molar-refractivity contribution is 5.46. The third kappa shape index (κ3) is 5.00. The van der Waals surface area contributed by atoms with Crippen LogP contribution in [-0.4, -0.2) is 33.3 Å². The van der Waals surface area contributed by atoms with Gasteiger partial charge in [0.1, 0.15) is 0 Å². The van der Waals surface area contributed by atoms with Crippen molar-refractivity contribution in [3.05, 3.63) is 23.8 Å². The van der Waals surface area contributed by atoms with Gasteiger partial charge in [0.15, 0.2) is 11.5 Å². The smallest absolute Gasteiger partial charge is 0.216 e. The van der Waals surface area contributed by atoms with Crippen LogP contribution in [0.4, 0.5) is 0 Å². The average Bonchev–Trinajstić information content (AvgIpc) is 2.45. The van der Waals surface area contributed by atoms with E-state index in [1.807, 2.05) is 39.0 Å². The van der Waals surface area contributed by atoms with Crippen molar-refractivity contribution in [3.8, 4) is 11.5 Å². The van der Waals surface area contributed by atoms with Crippen LogP contribution in [0.5, 0.6) is 11.5 Å². The van der Waals surface area contributed by atoms with Gasteiger partial charge in [-0.3, -0.25) is 5.32 Å². The second-order valence-electron chi connectivity index (χ2n) is 4.01. The van der Waals surface area contributed by atoms with Crippen molar-refractivity contribution in [1.82, 2.24) is 5.32 Å². The zero-order chi connectivity index (χ0) is 14.8. The van der Waals surface area contributed by atoms with E-state index in [0.717, 1.165) is 17.1 Å². The van der Waals surface area contributed by atoms with E-state index in [0.29, 0.717) is 26.4 Å². The van der Waals surface area contributed by atoms with Crippen LogP contribution < -0.4 is 14.8 Å². The first-order valence-corrected chi connectivity index (χ1v) is 7.02. The molecule has 1 rings (SSSR count). The second kappa shape index (κ2) is 9.58. The molecule has 0 atom stereocenters. The van der Waals surface area contributed by atoms with Crippen LogP contribution in [0.25, 0.3) is 0 Å². The van der Waals surface area contributed by atoms with Crippen LogP contribution in [0.2, 0.25) is 0 Å². The number of benzene rings is 1. The molecule has 5 nitrogen and oxygen atoms in total. The van der Waals surface area contributed by atoms with Gasteiger partial charge in [0, 0.05) is 25.3 Å². The van der Waals surface area contributed by atoms with Crippen LogP contribution >= 0.6 is 0 Å². The van der Waals surface area contributed by atoms with Crippen molar-refractivity contribution >= 4 is 0 Å². The van der Waals surface area contributed by atoms with E-state index in [1.54, 1.807) is 7.11 Å². The predicted molar refractivity (Wildman–Crippen MR) is 78.0 cm³/mol. The van der Waals surface area contributed by atoms with Crippen molar-refractivity contribution in [1.29, 1.82) is 0 Å². The van der Waals surface area contributed by atoms with Crippen molar-refractivity contribution < 1.29 is 18.9 Å². The number of nitrogens with one attached hydrogen (secondary N) is 1. The lowest BCUT2D eigenvalue weighted by Gasteiger charge is -2.19. The molecule has 0 unspecified atom stereocenters. The maximum absolute atomic E-state index is 5.56. The summed E-state index contributed by atoms with van der Waals surface area (Å²) in [5.74, 6) is 1.49. The number of hydrogen-bond acceptors (Lipinski definition) is 5. The summed E-state index contributed by atoms with van der Waals surface area (Å²) in [4.78, 5) is 0. The van der Waals surface area contributed by atoms with Crippen LogP contribution in [0.3, 0.4) is 0 Å². The molecule has 0 spiro atoms. The van der Waals surface area contributed by atoms with E-state index >= 15 is 0 Å². The minimum absolute atomic E-state index is 0.412. The largest absolute Gasteiger partial charge is 0.493 e. The maximum Gasteiger partial charge on any atom is 0.216 e. The van der Waals surface area contributed by atoms with Crippen LogP contribution in [-0.2, 0) is 16.0 Å². The Kier molecular flexibility index (Phi) is 8.02. The number of para-hydroxylation sites is 1. The molecule has 0 aromatic heterocycles. The Balaban J connectivity index is 2.72. The van der Waals surface area contributed by atoms with Gasteiger partial charge in [0.05, 0.1) is 13.7 Å². The molecule has 0 bridgehead atoms. The first-order chi connectivity index (χ1) is 9.76. The van der Waals surface area contributed by atoms with Crippen LogP contribution in [0.1, 0.15) is 26.3 Å². The van der Waals surface area contributed by atoms with Crippen LogP contribution in [0, 0.1) is 0 Å². The molecule has 1 aromatic rings. The molecule has 0 saturated carbocycles. The Morgan fingerprint density at radius 2 is 1.75 bits per heavy atom. The molecule has 0 aliphatic carbocycles. The van der Waals surface area contributed by atoms with E-state index in [1.165, 1.54) is 0 Å². The predicted octanol–water partition coefficient (Wildman–Crippen LogP) is 2.54. The topological polar surface area (TPSA) is 49.0 Å². The Bertz CT molecular complexity index is 378. The number of hydrogen-bond donors (Lipinski definition) is 1. The quantitative estimate of drug-likeness (QED) is 0.669. The maximum atomic E-state index is 5.56. The molecule has 20 heavy (non-hydrogen) atoms. The summed E-state index contributed by atoms with van der Waals surface area (Å²) < 4.78 is 21.9. The lowest BCUT2D eigenvalue weighted by atomic mass is 10.2. The summed E-state index contributed by atoms with van der Waals surface area (Å²) >= 11 is 0. The fraction of sp³-hybridized carbons (Fsp3) is 0.600. The molecule has 0 heterocycles. The molecule has 5 heteroatoms. The first kappa shape index (κ1) is 16.8. The summed E-state index contributed by atoms with van der Waals surface area (Å²) in [5, 5.41) is 3.20. The van der Waals surface area contributed by atoms with Crippen molar-refractivity contribution in [2.24, 2.45) is 0 Å². The van der Waals surface area contributed by atoms with E-state index < -0.39 is 6.41 Å². The standard InChI is InChI=1S/C15H25NO4/c1-5-18-13-10-8-9-12(14(13)17-4)11-16-15(19-6-2)20-7-3/h8-10,15-16H,5-7,11H2,1-4H3. The highest BCUT2D eigenvalue weighted by atomic mass is 16.7. The van der Waals surface area contributed by atoms with Gasteiger partial charge in [-0.2, -0.15) is 0 Å². The highest BCUT2D eigenvalue weighted by Gasteiger charge is 2.12. The second-order valence-corrected chi connectivity index (χ2v) is 4.01. The highest BCUT2D eigenvalue weighted by Crippen LogP contribution is 2.30. The number of ether oxygens (including phenoxy) is 4. The Morgan fingerprint density at radius 1 is 1.05 bits per heavy atom. The van der Waals surface area contributed by atoms with Crippen molar-refractivity contribution in [3.63, 3.8) is 0 Å². The van der Waals surface area contributed by atoms with Gasteiger partial charge < -0.3 is 18.9 Å². The zero-order valence-corrected chi connectivity index (χ0v) is 12.8. The minimum atomic E-state index is -0.412. The Morgan fingerprint density at radius 3 is 2.30 bits per heavy atom. The van der Waals surface area contributed by atoms with E-state index in [2.05, 4.69) is 5.32 Å². The van der Waals surface area contributed by atoms with Gasteiger partial charge in [0.25, 0.3) is 0 Å². The summed E-state index contributed by atoms with van der Waals surface area (Å²) in [7, 11) is 1.64. The summed E-state index contributed by atoms with van der Waals surface area (Å²) in [6, 6.07) is 5.83.